The third-order valence-electron chi connectivity index (χ3n) is 1.71. The topological polar surface area (TPSA) is 27.1 Å². The van der Waals surface area contributed by atoms with Crippen molar-refractivity contribution in [3.63, 3.8) is 0 Å². The van der Waals surface area contributed by atoms with Crippen molar-refractivity contribution >= 4 is 0 Å². The molecule has 0 fully saturated rings. The highest BCUT2D eigenvalue weighted by Crippen LogP contribution is 2.06. The molecule has 0 saturated carbocycles. The minimum atomic E-state index is 0.722. The van der Waals surface area contributed by atoms with E-state index >= 15 is 0 Å². The van der Waals surface area contributed by atoms with Crippen LogP contribution in [0.25, 0.3) is 0 Å². The second kappa shape index (κ2) is 2.42. The van der Waals surface area contributed by atoms with Crippen LogP contribution in [0.3, 0.4) is 0 Å². The summed E-state index contributed by atoms with van der Waals surface area (Å²) in [5.74, 6) is 0. The van der Waals surface area contributed by atoms with Gasteiger partial charge in [-0.15, -0.1) is 0 Å². The van der Waals surface area contributed by atoms with Gasteiger partial charge in [-0.2, -0.15) is 5.10 Å². The van der Waals surface area contributed by atoms with Crippen LogP contribution in [0.15, 0.2) is 12.3 Å². The lowest BCUT2D eigenvalue weighted by Gasteiger charge is -1.97. The molecule has 10 heavy (non-hydrogen) atoms. The van der Waals surface area contributed by atoms with Crippen LogP contribution < -0.4 is 0 Å². The minimum Gasteiger partial charge on any atom is -0.375 e. The summed E-state index contributed by atoms with van der Waals surface area (Å²) in [6.07, 6.45) is 2.90. The summed E-state index contributed by atoms with van der Waals surface area (Å²) < 4.78 is 7.33. The highest BCUT2D eigenvalue weighted by molar-refractivity contribution is 4.99. The number of aryl methyl sites for hydroxylation is 1. The molecule has 54 valence electrons. The molecule has 0 atom stereocenters. The van der Waals surface area contributed by atoms with Crippen LogP contribution in [0.1, 0.15) is 12.1 Å². The Labute approximate surface area is 59.6 Å². The van der Waals surface area contributed by atoms with Crippen LogP contribution in [0, 0.1) is 0 Å². The molecule has 1 aromatic heterocycles. The predicted octanol–water partition coefficient (Wildman–Crippen LogP) is 0.803. The number of hydrogen-bond acceptors (Lipinski definition) is 2. The van der Waals surface area contributed by atoms with Crippen molar-refractivity contribution in [1.29, 1.82) is 0 Å². The van der Waals surface area contributed by atoms with Gasteiger partial charge in [0, 0.05) is 19.3 Å². The second-order valence-corrected chi connectivity index (χ2v) is 2.45. The van der Waals surface area contributed by atoms with E-state index in [-0.39, 0.29) is 0 Å². The summed E-state index contributed by atoms with van der Waals surface area (Å²) in [5, 5.41) is 4.15. The van der Waals surface area contributed by atoms with E-state index in [4.69, 9.17) is 4.74 Å². The van der Waals surface area contributed by atoms with Crippen LogP contribution in [0.5, 0.6) is 0 Å². The van der Waals surface area contributed by atoms with E-state index in [2.05, 4.69) is 5.10 Å². The molecule has 3 heteroatoms. The van der Waals surface area contributed by atoms with Crippen molar-refractivity contribution in [2.24, 2.45) is 0 Å². The van der Waals surface area contributed by atoms with Crippen molar-refractivity contribution in [1.82, 2.24) is 9.78 Å². The molecule has 0 spiro atoms. The van der Waals surface area contributed by atoms with Crippen LogP contribution in [-0.4, -0.2) is 16.4 Å². The van der Waals surface area contributed by atoms with E-state index in [1.54, 1.807) is 0 Å². The van der Waals surface area contributed by atoms with Gasteiger partial charge in [-0.3, -0.25) is 4.68 Å². The van der Waals surface area contributed by atoms with Crippen molar-refractivity contribution in [3.8, 4) is 0 Å². The van der Waals surface area contributed by atoms with E-state index in [9.17, 15) is 0 Å². The number of fused-ring (bicyclic) bond motifs is 1. The summed E-state index contributed by atoms with van der Waals surface area (Å²) in [6, 6.07) is 2.01. The fourth-order valence-electron chi connectivity index (χ4n) is 1.18. The Morgan fingerprint density at radius 1 is 1.60 bits per heavy atom. The van der Waals surface area contributed by atoms with Gasteiger partial charge in [-0.1, -0.05) is 0 Å². The molecule has 0 saturated heterocycles. The van der Waals surface area contributed by atoms with Crippen LogP contribution in [-0.2, 0) is 17.9 Å². The van der Waals surface area contributed by atoms with Gasteiger partial charge in [-0.25, -0.2) is 0 Å². The first-order valence-corrected chi connectivity index (χ1v) is 3.55. The maximum Gasteiger partial charge on any atom is 0.0884 e. The van der Waals surface area contributed by atoms with Crippen LogP contribution >= 0.6 is 0 Å². The average molecular weight is 138 g/mol. The summed E-state index contributed by atoms with van der Waals surface area (Å²) >= 11 is 0. The maximum absolute atomic E-state index is 5.32. The van der Waals surface area contributed by atoms with Gasteiger partial charge < -0.3 is 4.74 Å². The normalized spacial score (nSPS) is 18.0. The third kappa shape index (κ3) is 0.926. The SMILES string of the molecule is c1cc2n(n1)CCCOC2. The highest BCUT2D eigenvalue weighted by atomic mass is 16.5. The number of aromatic nitrogens is 2. The van der Waals surface area contributed by atoms with Crippen LogP contribution in [0.4, 0.5) is 0 Å². The van der Waals surface area contributed by atoms with Crippen molar-refractivity contribution in [2.75, 3.05) is 6.61 Å². The van der Waals surface area contributed by atoms with E-state index in [0.29, 0.717) is 0 Å². The Kier molecular flexibility index (Phi) is 1.43. The van der Waals surface area contributed by atoms with Crippen molar-refractivity contribution in [3.05, 3.63) is 18.0 Å². The molecule has 0 unspecified atom stereocenters. The van der Waals surface area contributed by atoms with Gasteiger partial charge in [-0.05, 0) is 12.5 Å². The van der Waals surface area contributed by atoms with Crippen molar-refractivity contribution in [2.45, 2.75) is 19.6 Å². The molecule has 0 bridgehead atoms. The van der Waals surface area contributed by atoms with Gasteiger partial charge in [0.15, 0.2) is 0 Å². The smallest absolute Gasteiger partial charge is 0.0884 e. The van der Waals surface area contributed by atoms with E-state index in [1.807, 2.05) is 16.9 Å². The number of hydrogen-bond donors (Lipinski definition) is 0. The zero-order chi connectivity index (χ0) is 6.81. The summed E-state index contributed by atoms with van der Waals surface area (Å²) in [7, 11) is 0. The lowest BCUT2D eigenvalue weighted by atomic mass is 10.4. The molecule has 0 amide bonds. The molecule has 2 heterocycles. The Balaban J connectivity index is 2.28. The van der Waals surface area contributed by atoms with Gasteiger partial charge in [0.2, 0.25) is 0 Å². The Morgan fingerprint density at radius 2 is 2.60 bits per heavy atom. The molecule has 3 nitrogen and oxygen atoms in total. The number of ether oxygens (including phenoxy) is 1. The first-order chi connectivity index (χ1) is 4.97. The number of rotatable bonds is 0. The molecule has 0 aliphatic carbocycles. The Bertz CT molecular complexity index is 199. The molecule has 0 radical (unpaired) electrons. The maximum atomic E-state index is 5.32. The zero-order valence-corrected chi connectivity index (χ0v) is 5.79. The molecule has 0 aromatic carbocycles. The molecule has 0 N–H and O–H groups in total. The Morgan fingerprint density at radius 3 is 3.60 bits per heavy atom. The lowest BCUT2D eigenvalue weighted by Crippen LogP contribution is -2.01. The standard InChI is InChI=1S/C7H10N2O/c1-4-9-7(2-3-8-9)6-10-5-1/h2-3H,1,4-6H2. The third-order valence-corrected chi connectivity index (χ3v) is 1.71. The van der Waals surface area contributed by atoms with E-state index in [0.717, 1.165) is 26.2 Å². The summed E-state index contributed by atoms with van der Waals surface area (Å²) in [4.78, 5) is 0. The molecular formula is C7H10N2O. The molecule has 1 aliphatic rings. The average Bonchev–Trinajstić information content (AvgIpc) is 2.28. The first-order valence-electron chi connectivity index (χ1n) is 3.55. The van der Waals surface area contributed by atoms with Gasteiger partial charge in [0.25, 0.3) is 0 Å². The zero-order valence-electron chi connectivity index (χ0n) is 5.79. The van der Waals surface area contributed by atoms with Crippen molar-refractivity contribution < 1.29 is 4.74 Å². The Hall–Kier alpha value is -0.830. The lowest BCUT2D eigenvalue weighted by molar-refractivity contribution is 0.125. The largest absolute Gasteiger partial charge is 0.375 e. The quantitative estimate of drug-likeness (QED) is 0.530. The summed E-state index contributed by atoms with van der Waals surface area (Å²) in [5.41, 5.74) is 1.19. The second-order valence-electron chi connectivity index (χ2n) is 2.45. The minimum absolute atomic E-state index is 0.722. The van der Waals surface area contributed by atoms with Gasteiger partial charge in [0.1, 0.15) is 0 Å². The van der Waals surface area contributed by atoms with E-state index in [1.165, 1.54) is 5.69 Å². The highest BCUT2D eigenvalue weighted by Gasteiger charge is 2.05. The molecule has 1 aliphatic heterocycles. The number of nitrogens with zero attached hydrogens (tertiary/aromatic N) is 2. The molecule has 2 rings (SSSR count). The van der Waals surface area contributed by atoms with E-state index < -0.39 is 0 Å². The fraction of sp³-hybridized carbons (Fsp3) is 0.571. The summed E-state index contributed by atoms with van der Waals surface area (Å²) in [6.45, 7) is 2.59. The molecular weight excluding hydrogens is 128 g/mol. The van der Waals surface area contributed by atoms with Gasteiger partial charge in [0.05, 0.1) is 12.3 Å². The monoisotopic (exact) mass is 138 g/mol. The van der Waals surface area contributed by atoms with Gasteiger partial charge >= 0.3 is 0 Å². The first kappa shape index (κ1) is 5.92. The molecule has 1 aromatic rings. The fourth-order valence-corrected chi connectivity index (χ4v) is 1.18. The predicted molar refractivity (Wildman–Crippen MR) is 36.5 cm³/mol. The van der Waals surface area contributed by atoms with Crippen LogP contribution in [0.2, 0.25) is 0 Å².